The molecule has 0 spiro atoms. The number of nitrogens with zero attached hydrogens (tertiary/aromatic N) is 2. The lowest BCUT2D eigenvalue weighted by Crippen LogP contribution is -2.36. The zero-order chi connectivity index (χ0) is 18.8. The Bertz CT molecular complexity index is 717. The predicted molar refractivity (Wildman–Crippen MR) is 119 cm³/mol. The first-order chi connectivity index (χ1) is 12.6. The monoisotopic (exact) mass is 485 g/mol. The van der Waals surface area contributed by atoms with E-state index in [4.69, 9.17) is 4.42 Å². The first-order valence-electron chi connectivity index (χ1n) is 8.65. The zero-order valence-corrected chi connectivity index (χ0v) is 18.3. The van der Waals surface area contributed by atoms with E-state index in [9.17, 15) is 4.79 Å². The van der Waals surface area contributed by atoms with E-state index in [2.05, 4.69) is 20.9 Å². The summed E-state index contributed by atoms with van der Waals surface area (Å²) in [4.78, 5) is 18.3. The maximum absolute atomic E-state index is 11.9. The average Bonchev–Trinajstić information content (AvgIpc) is 3.10. The molecule has 0 unspecified atom stereocenters. The Morgan fingerprint density at radius 2 is 2.00 bits per heavy atom. The summed E-state index contributed by atoms with van der Waals surface area (Å²) in [5, 5.41) is 9.33. The van der Waals surface area contributed by atoms with Crippen LogP contribution in [0.5, 0.6) is 0 Å². The number of amides is 1. The fourth-order valence-electron chi connectivity index (χ4n) is 2.33. The smallest absolute Gasteiger partial charge is 0.238 e. The second-order valence-electron chi connectivity index (χ2n) is 6.11. The zero-order valence-electron chi connectivity index (χ0n) is 16.0. The normalized spacial score (nSPS) is 11.0. The van der Waals surface area contributed by atoms with Gasteiger partial charge in [0.25, 0.3) is 0 Å². The van der Waals surface area contributed by atoms with E-state index in [1.54, 1.807) is 6.26 Å². The maximum Gasteiger partial charge on any atom is 0.238 e. The summed E-state index contributed by atoms with van der Waals surface area (Å²) in [6, 6.07) is 11.5. The minimum atomic E-state index is -0.0379. The number of carbonyl (C=O) groups excluding carboxylic acids is 1. The van der Waals surface area contributed by atoms with Gasteiger partial charge >= 0.3 is 0 Å². The molecule has 0 aliphatic rings. The van der Waals surface area contributed by atoms with E-state index in [0.717, 1.165) is 23.6 Å². The fraction of sp³-hybridized carbons (Fsp3) is 0.368. The van der Waals surface area contributed by atoms with Crippen molar-refractivity contribution >= 4 is 41.5 Å². The van der Waals surface area contributed by atoms with Crippen LogP contribution in [0, 0.1) is 0 Å². The molecular formula is C19H28IN5O2. The maximum atomic E-state index is 11.9. The molecule has 0 atom stereocenters. The molecule has 2 aromatic rings. The van der Waals surface area contributed by atoms with Crippen LogP contribution in [-0.4, -0.2) is 44.0 Å². The second kappa shape index (κ2) is 12.3. The number of benzene rings is 1. The highest BCUT2D eigenvalue weighted by molar-refractivity contribution is 14.0. The van der Waals surface area contributed by atoms with Gasteiger partial charge in [-0.1, -0.05) is 12.1 Å². The third-order valence-electron chi connectivity index (χ3n) is 3.44. The summed E-state index contributed by atoms with van der Waals surface area (Å²) in [5.41, 5.74) is 1.79. The fourth-order valence-corrected chi connectivity index (χ4v) is 2.33. The molecule has 0 saturated carbocycles. The van der Waals surface area contributed by atoms with Gasteiger partial charge in [-0.3, -0.25) is 4.79 Å². The topological polar surface area (TPSA) is 81.9 Å². The highest BCUT2D eigenvalue weighted by atomic mass is 127. The molecule has 148 valence electrons. The van der Waals surface area contributed by atoms with Crippen molar-refractivity contribution in [1.82, 2.24) is 15.5 Å². The van der Waals surface area contributed by atoms with Gasteiger partial charge in [0.2, 0.25) is 5.91 Å². The summed E-state index contributed by atoms with van der Waals surface area (Å²) >= 11 is 0. The lowest BCUT2D eigenvalue weighted by Gasteiger charge is -2.12. The Hall–Kier alpha value is -2.07. The van der Waals surface area contributed by atoms with Crippen molar-refractivity contribution in [3.63, 3.8) is 0 Å². The number of guanidine groups is 1. The predicted octanol–water partition coefficient (Wildman–Crippen LogP) is 2.65. The van der Waals surface area contributed by atoms with Crippen molar-refractivity contribution in [1.29, 1.82) is 0 Å². The first kappa shape index (κ1) is 23.0. The van der Waals surface area contributed by atoms with Gasteiger partial charge in [-0.25, -0.2) is 4.99 Å². The van der Waals surface area contributed by atoms with Crippen LogP contribution in [0.15, 0.2) is 52.1 Å². The van der Waals surface area contributed by atoms with Gasteiger partial charge in [0.15, 0.2) is 5.96 Å². The molecule has 1 amide bonds. The molecule has 0 radical (unpaired) electrons. The molecule has 7 nitrogen and oxygen atoms in total. The lowest BCUT2D eigenvalue weighted by atomic mass is 10.2. The van der Waals surface area contributed by atoms with Crippen LogP contribution in [0.1, 0.15) is 18.2 Å². The Morgan fingerprint density at radius 3 is 2.67 bits per heavy atom. The van der Waals surface area contributed by atoms with Crippen LogP contribution in [0.4, 0.5) is 5.69 Å². The van der Waals surface area contributed by atoms with Crippen LogP contribution in [0.25, 0.3) is 0 Å². The minimum Gasteiger partial charge on any atom is -0.467 e. The van der Waals surface area contributed by atoms with Crippen molar-refractivity contribution in [2.24, 2.45) is 4.99 Å². The quantitative estimate of drug-likeness (QED) is 0.304. The van der Waals surface area contributed by atoms with Gasteiger partial charge in [-0.05, 0) is 50.8 Å². The highest BCUT2D eigenvalue weighted by Crippen LogP contribution is 2.11. The first-order valence-corrected chi connectivity index (χ1v) is 8.65. The SMILES string of the molecule is CCNC(=NCc1cccc(NC(=O)CN(C)C)c1)NCc1ccco1.I. The van der Waals surface area contributed by atoms with Crippen molar-refractivity contribution < 1.29 is 9.21 Å². The molecule has 1 aromatic carbocycles. The summed E-state index contributed by atoms with van der Waals surface area (Å²) in [7, 11) is 3.73. The third kappa shape index (κ3) is 8.91. The van der Waals surface area contributed by atoms with Crippen molar-refractivity contribution in [3.05, 3.63) is 54.0 Å². The van der Waals surface area contributed by atoms with Gasteiger partial charge in [0.05, 0.1) is 25.9 Å². The summed E-state index contributed by atoms with van der Waals surface area (Å²) in [6.45, 7) is 4.21. The average molecular weight is 485 g/mol. The van der Waals surface area contributed by atoms with E-state index in [-0.39, 0.29) is 29.9 Å². The molecule has 2 rings (SSSR count). The summed E-state index contributed by atoms with van der Waals surface area (Å²) in [5.74, 6) is 1.52. The number of furan rings is 1. The highest BCUT2D eigenvalue weighted by Gasteiger charge is 2.05. The number of hydrogen-bond acceptors (Lipinski definition) is 4. The van der Waals surface area contributed by atoms with E-state index in [1.165, 1.54) is 0 Å². The molecule has 3 N–H and O–H groups in total. The van der Waals surface area contributed by atoms with Crippen molar-refractivity contribution in [2.75, 3.05) is 32.5 Å². The number of aliphatic imine (C=N–C) groups is 1. The largest absolute Gasteiger partial charge is 0.467 e. The molecule has 1 heterocycles. The third-order valence-corrected chi connectivity index (χ3v) is 3.44. The Labute approximate surface area is 177 Å². The molecule has 0 saturated heterocycles. The molecule has 0 fully saturated rings. The van der Waals surface area contributed by atoms with Crippen LogP contribution in [0.2, 0.25) is 0 Å². The van der Waals surface area contributed by atoms with E-state index >= 15 is 0 Å². The standard InChI is InChI=1S/C19H27N5O2.HI/c1-4-20-19(22-13-17-9-6-10-26-17)21-12-15-7-5-8-16(11-15)23-18(25)14-24(2)3;/h5-11H,4,12-14H2,1-3H3,(H,23,25)(H2,20,21,22);1H. The minimum absolute atomic E-state index is 0. The molecule has 0 aliphatic heterocycles. The van der Waals surface area contributed by atoms with Gasteiger partial charge in [0, 0.05) is 12.2 Å². The van der Waals surface area contributed by atoms with Crippen LogP contribution >= 0.6 is 24.0 Å². The number of halogens is 1. The molecule has 8 heteroatoms. The Balaban J connectivity index is 0.00000364. The second-order valence-corrected chi connectivity index (χ2v) is 6.11. The lowest BCUT2D eigenvalue weighted by molar-refractivity contribution is -0.116. The number of anilines is 1. The van der Waals surface area contributed by atoms with Crippen LogP contribution in [-0.2, 0) is 17.9 Å². The summed E-state index contributed by atoms with van der Waals surface area (Å²) < 4.78 is 5.32. The summed E-state index contributed by atoms with van der Waals surface area (Å²) in [6.07, 6.45) is 1.65. The van der Waals surface area contributed by atoms with E-state index < -0.39 is 0 Å². The van der Waals surface area contributed by atoms with Gasteiger partial charge < -0.3 is 25.3 Å². The Morgan fingerprint density at radius 1 is 1.19 bits per heavy atom. The van der Waals surface area contributed by atoms with Gasteiger partial charge in [-0.15, -0.1) is 24.0 Å². The molecular weight excluding hydrogens is 457 g/mol. The number of hydrogen-bond donors (Lipinski definition) is 3. The molecule has 0 bridgehead atoms. The van der Waals surface area contributed by atoms with Crippen LogP contribution in [0.3, 0.4) is 0 Å². The number of rotatable bonds is 8. The van der Waals surface area contributed by atoms with E-state index in [0.29, 0.717) is 25.6 Å². The molecule has 0 aliphatic carbocycles. The van der Waals surface area contributed by atoms with Crippen molar-refractivity contribution in [3.8, 4) is 0 Å². The van der Waals surface area contributed by atoms with Crippen LogP contribution < -0.4 is 16.0 Å². The molecule has 1 aromatic heterocycles. The van der Waals surface area contributed by atoms with Gasteiger partial charge in [-0.2, -0.15) is 0 Å². The molecule has 27 heavy (non-hydrogen) atoms. The van der Waals surface area contributed by atoms with E-state index in [1.807, 2.05) is 62.3 Å². The number of likely N-dealkylation sites (N-methyl/N-ethyl adjacent to an activating group) is 1. The van der Waals surface area contributed by atoms with Gasteiger partial charge in [0.1, 0.15) is 5.76 Å². The Kier molecular flexibility index (Phi) is 10.5. The van der Waals surface area contributed by atoms with Crippen molar-refractivity contribution in [2.45, 2.75) is 20.0 Å². The number of nitrogens with one attached hydrogen (secondary N) is 3. The number of carbonyl (C=O) groups is 1.